The largest absolute Gasteiger partial charge is 0.508 e. The first-order valence-corrected chi connectivity index (χ1v) is 12.7. The highest BCUT2D eigenvalue weighted by Crippen LogP contribution is 2.33. The Morgan fingerprint density at radius 3 is 2.45 bits per heavy atom. The Balaban J connectivity index is 1.59. The molecule has 2 atom stereocenters. The Morgan fingerprint density at radius 2 is 1.66 bits per heavy atom. The number of amides is 2. The van der Waals surface area contributed by atoms with Gasteiger partial charge in [-0.3, -0.25) is 10.1 Å². The Kier molecular flexibility index (Phi) is 8.82. The van der Waals surface area contributed by atoms with E-state index in [1.165, 1.54) is 25.3 Å². The summed E-state index contributed by atoms with van der Waals surface area (Å²) in [6.45, 7) is 0. The fourth-order valence-electron chi connectivity index (χ4n) is 3.92. The standard InChI is InChI=1S/C29H26IN3O5/c1-37-26(15-16-27(35)32-24-11-5-4-10-22(24)31)28(21-17-19(30)13-14-25(21)34)38-29(36)33-23-12-6-8-18-7-2-3-9-20(18)23/h2-17,26,28,34H,31H2,1H3,(H,32,35)(H,33,36)/b16-15+/t26-,28-/m1/s1. The monoisotopic (exact) mass is 623 g/mol. The third kappa shape index (κ3) is 6.61. The molecule has 0 saturated carbocycles. The van der Waals surface area contributed by atoms with Gasteiger partial charge in [-0.1, -0.05) is 48.5 Å². The van der Waals surface area contributed by atoms with Crippen LogP contribution in [0.15, 0.2) is 97.1 Å². The number of para-hydroxylation sites is 2. The van der Waals surface area contributed by atoms with Crippen LogP contribution < -0.4 is 16.4 Å². The van der Waals surface area contributed by atoms with Crippen LogP contribution in [0.3, 0.4) is 0 Å². The molecule has 0 unspecified atom stereocenters. The molecule has 5 N–H and O–H groups in total. The molecule has 0 aliphatic carbocycles. The first-order chi connectivity index (χ1) is 18.4. The van der Waals surface area contributed by atoms with Crippen LogP contribution in [0.4, 0.5) is 21.9 Å². The molecule has 0 saturated heterocycles. The molecular weight excluding hydrogens is 597 g/mol. The van der Waals surface area contributed by atoms with Crippen LogP contribution in [-0.2, 0) is 14.3 Å². The number of ether oxygens (including phenoxy) is 2. The number of fused-ring (bicyclic) bond motifs is 1. The van der Waals surface area contributed by atoms with Crippen LogP contribution in [0.25, 0.3) is 10.8 Å². The molecule has 2 amide bonds. The molecular formula is C29H26IN3O5. The van der Waals surface area contributed by atoms with Crippen molar-refractivity contribution in [1.29, 1.82) is 0 Å². The summed E-state index contributed by atoms with van der Waals surface area (Å²) in [7, 11) is 1.42. The number of methoxy groups -OCH3 is 1. The highest BCUT2D eigenvalue weighted by Gasteiger charge is 2.29. The number of rotatable bonds is 8. The number of nitrogens with one attached hydrogen (secondary N) is 2. The number of halogens is 1. The molecule has 8 nitrogen and oxygen atoms in total. The van der Waals surface area contributed by atoms with Gasteiger partial charge in [0.15, 0.2) is 6.10 Å². The number of carbonyl (C=O) groups is 2. The van der Waals surface area contributed by atoms with Crippen molar-refractivity contribution in [2.45, 2.75) is 12.2 Å². The second-order valence-corrected chi connectivity index (χ2v) is 9.56. The highest BCUT2D eigenvalue weighted by molar-refractivity contribution is 14.1. The number of hydrogen-bond donors (Lipinski definition) is 4. The first-order valence-electron chi connectivity index (χ1n) is 11.7. The molecule has 0 heterocycles. The van der Waals surface area contributed by atoms with Crippen molar-refractivity contribution in [3.63, 3.8) is 0 Å². The number of phenolic OH excluding ortho intramolecular Hbond substituents is 1. The van der Waals surface area contributed by atoms with Crippen molar-refractivity contribution in [3.05, 3.63) is 106 Å². The minimum Gasteiger partial charge on any atom is -0.508 e. The average Bonchev–Trinajstić information content (AvgIpc) is 2.91. The Morgan fingerprint density at radius 1 is 0.947 bits per heavy atom. The number of benzene rings is 4. The number of nitrogens with two attached hydrogens (primary N) is 1. The third-order valence-electron chi connectivity index (χ3n) is 5.78. The lowest BCUT2D eigenvalue weighted by Gasteiger charge is -2.25. The number of phenols is 1. The van der Waals surface area contributed by atoms with E-state index in [1.807, 2.05) is 36.4 Å². The molecule has 0 aliphatic rings. The SMILES string of the molecule is CO[C@H](/C=C/C(=O)Nc1ccccc1N)[C@H](OC(=O)Nc1cccc2ccccc12)c1cc(I)ccc1O. The maximum Gasteiger partial charge on any atom is 0.412 e. The van der Waals surface area contributed by atoms with E-state index in [0.717, 1.165) is 14.3 Å². The van der Waals surface area contributed by atoms with Gasteiger partial charge in [0.1, 0.15) is 11.9 Å². The lowest BCUT2D eigenvalue weighted by molar-refractivity contribution is -0.112. The Labute approximate surface area is 233 Å². The van der Waals surface area contributed by atoms with E-state index in [0.29, 0.717) is 22.6 Å². The molecule has 0 aliphatic heterocycles. The summed E-state index contributed by atoms with van der Waals surface area (Å²) in [6.07, 6.45) is 0.00194. The number of carbonyl (C=O) groups excluding carboxylic acids is 2. The molecule has 194 valence electrons. The van der Waals surface area contributed by atoms with E-state index in [1.54, 1.807) is 42.5 Å². The lowest BCUT2D eigenvalue weighted by atomic mass is 10.0. The topological polar surface area (TPSA) is 123 Å². The fourth-order valence-corrected chi connectivity index (χ4v) is 4.44. The molecule has 4 aromatic carbocycles. The summed E-state index contributed by atoms with van der Waals surface area (Å²) in [6, 6.07) is 25.0. The highest BCUT2D eigenvalue weighted by atomic mass is 127. The summed E-state index contributed by atoms with van der Waals surface area (Å²) in [5.41, 5.74) is 7.69. The van der Waals surface area contributed by atoms with Crippen molar-refractivity contribution in [2.24, 2.45) is 0 Å². The second-order valence-electron chi connectivity index (χ2n) is 8.32. The van der Waals surface area contributed by atoms with E-state index in [4.69, 9.17) is 15.2 Å². The van der Waals surface area contributed by atoms with Gasteiger partial charge in [-0.25, -0.2) is 4.79 Å². The van der Waals surface area contributed by atoms with Gasteiger partial charge in [0.25, 0.3) is 0 Å². The van der Waals surface area contributed by atoms with Crippen molar-refractivity contribution < 1.29 is 24.2 Å². The van der Waals surface area contributed by atoms with E-state index >= 15 is 0 Å². The number of hydrogen-bond acceptors (Lipinski definition) is 6. The zero-order valence-corrected chi connectivity index (χ0v) is 22.6. The van der Waals surface area contributed by atoms with Crippen molar-refractivity contribution >= 4 is 62.4 Å². The van der Waals surface area contributed by atoms with E-state index in [2.05, 4.69) is 33.2 Å². The third-order valence-corrected chi connectivity index (χ3v) is 6.45. The quantitative estimate of drug-likeness (QED) is 0.105. The van der Waals surface area contributed by atoms with Gasteiger partial charge < -0.3 is 25.6 Å². The second kappa shape index (κ2) is 12.4. The van der Waals surface area contributed by atoms with Gasteiger partial charge in [-0.15, -0.1) is 0 Å². The maximum atomic E-state index is 13.1. The van der Waals surface area contributed by atoms with Crippen LogP contribution >= 0.6 is 22.6 Å². The van der Waals surface area contributed by atoms with Gasteiger partial charge in [-0.2, -0.15) is 0 Å². The van der Waals surface area contributed by atoms with Gasteiger partial charge in [-0.05, 0) is 70.5 Å². The minimum atomic E-state index is -1.07. The van der Waals surface area contributed by atoms with Crippen LogP contribution in [0.1, 0.15) is 11.7 Å². The molecule has 4 rings (SSSR count). The first kappa shape index (κ1) is 27.0. The zero-order valence-electron chi connectivity index (χ0n) is 20.4. The van der Waals surface area contributed by atoms with E-state index in [9.17, 15) is 14.7 Å². The normalized spacial score (nSPS) is 12.7. The number of aromatic hydroxyl groups is 1. The Hall–Kier alpha value is -4.09. The summed E-state index contributed by atoms with van der Waals surface area (Å²) in [4.78, 5) is 25.7. The van der Waals surface area contributed by atoms with E-state index in [-0.39, 0.29) is 5.75 Å². The van der Waals surface area contributed by atoms with E-state index < -0.39 is 24.2 Å². The predicted octanol–water partition coefficient (Wildman–Crippen LogP) is 6.23. The van der Waals surface area contributed by atoms with Crippen LogP contribution in [0.2, 0.25) is 0 Å². The summed E-state index contributed by atoms with van der Waals surface area (Å²) < 4.78 is 12.2. The van der Waals surface area contributed by atoms with Crippen LogP contribution in [0, 0.1) is 3.57 Å². The molecule has 0 aromatic heterocycles. The number of anilines is 3. The fraction of sp³-hybridized carbons (Fsp3) is 0.103. The lowest BCUT2D eigenvalue weighted by Crippen LogP contribution is -2.27. The maximum absolute atomic E-state index is 13.1. The number of nitrogen functional groups attached to an aromatic ring is 1. The summed E-state index contributed by atoms with van der Waals surface area (Å²) in [5.74, 6) is -0.527. The summed E-state index contributed by atoms with van der Waals surface area (Å²) in [5, 5.41) is 17.9. The van der Waals surface area contributed by atoms with Gasteiger partial charge >= 0.3 is 6.09 Å². The minimum absolute atomic E-state index is 0.0784. The molecule has 0 bridgehead atoms. The molecule has 0 spiro atoms. The molecule has 38 heavy (non-hydrogen) atoms. The van der Waals surface area contributed by atoms with Crippen molar-refractivity contribution in [1.82, 2.24) is 0 Å². The van der Waals surface area contributed by atoms with Crippen molar-refractivity contribution in [3.8, 4) is 5.75 Å². The zero-order chi connectivity index (χ0) is 27.1. The van der Waals surface area contributed by atoms with Crippen LogP contribution in [0.5, 0.6) is 5.75 Å². The molecule has 4 aromatic rings. The Bertz CT molecular complexity index is 1490. The molecule has 9 heteroatoms. The van der Waals surface area contributed by atoms with Crippen molar-refractivity contribution in [2.75, 3.05) is 23.5 Å². The van der Waals surface area contributed by atoms with Gasteiger partial charge in [0.2, 0.25) is 5.91 Å². The average molecular weight is 623 g/mol. The van der Waals surface area contributed by atoms with Crippen LogP contribution in [-0.4, -0.2) is 30.3 Å². The van der Waals surface area contributed by atoms with Gasteiger partial charge in [0.05, 0.1) is 17.1 Å². The van der Waals surface area contributed by atoms with Gasteiger partial charge in [0, 0.05) is 27.7 Å². The molecule has 0 radical (unpaired) electrons. The predicted molar refractivity (Wildman–Crippen MR) is 157 cm³/mol. The smallest absolute Gasteiger partial charge is 0.412 e. The summed E-state index contributed by atoms with van der Waals surface area (Å²) >= 11 is 2.10. The molecule has 0 fully saturated rings.